The predicted octanol–water partition coefficient (Wildman–Crippen LogP) is 2.67. The first-order valence-electron chi connectivity index (χ1n) is 8.02. The van der Waals surface area contributed by atoms with E-state index >= 15 is 0 Å². The number of halogens is 3. The van der Waals surface area contributed by atoms with Crippen molar-refractivity contribution in [3.63, 3.8) is 0 Å². The van der Waals surface area contributed by atoms with Crippen LogP contribution in [0.15, 0.2) is 49.2 Å². The molecule has 1 aromatic carbocycles. The first kappa shape index (κ1) is 18.6. The van der Waals surface area contributed by atoms with Gasteiger partial charge in [-0.25, -0.2) is 27.8 Å². The summed E-state index contributed by atoms with van der Waals surface area (Å²) >= 11 is 0. The SMILES string of the molecule is C[C@@H](C#Cc1cc(F)ccn1)[C@](O)(Cn1cncn1)c1ccc(F)cc1F. The van der Waals surface area contributed by atoms with Crippen molar-refractivity contribution < 1.29 is 18.3 Å². The van der Waals surface area contributed by atoms with Gasteiger partial charge in [-0.2, -0.15) is 5.10 Å². The normalized spacial score (nSPS) is 14.1. The summed E-state index contributed by atoms with van der Waals surface area (Å²) in [5.74, 6) is 2.44. The van der Waals surface area contributed by atoms with Crippen molar-refractivity contribution in [1.29, 1.82) is 0 Å². The number of pyridine rings is 1. The number of hydrogen-bond acceptors (Lipinski definition) is 4. The highest BCUT2D eigenvalue weighted by atomic mass is 19.1. The van der Waals surface area contributed by atoms with Crippen molar-refractivity contribution in [2.24, 2.45) is 5.92 Å². The van der Waals surface area contributed by atoms with Crippen molar-refractivity contribution in [2.45, 2.75) is 19.1 Å². The van der Waals surface area contributed by atoms with Crippen LogP contribution in [0.5, 0.6) is 0 Å². The van der Waals surface area contributed by atoms with Crippen molar-refractivity contribution in [1.82, 2.24) is 19.7 Å². The van der Waals surface area contributed by atoms with E-state index in [4.69, 9.17) is 0 Å². The van der Waals surface area contributed by atoms with Gasteiger partial charge in [0.15, 0.2) is 0 Å². The average Bonchev–Trinajstić information content (AvgIpc) is 3.12. The molecule has 0 aliphatic rings. The lowest BCUT2D eigenvalue weighted by Crippen LogP contribution is -2.39. The standard InChI is InChI=1S/C19H15F3N4O/c1-13(2-4-16-8-15(21)6-7-24-16)19(27,10-26-12-23-11-25-26)17-5-3-14(20)9-18(17)22/h3,5-9,11-13,27H,10H2,1H3/t13-,19+/m0/s1. The maximum Gasteiger partial charge on any atom is 0.137 e. The summed E-state index contributed by atoms with van der Waals surface area (Å²) in [5.41, 5.74) is -1.80. The number of benzene rings is 1. The van der Waals surface area contributed by atoms with Crippen LogP contribution >= 0.6 is 0 Å². The summed E-state index contributed by atoms with van der Waals surface area (Å²) in [7, 11) is 0. The Bertz CT molecular complexity index is 998. The van der Waals surface area contributed by atoms with Gasteiger partial charge in [-0.3, -0.25) is 0 Å². The van der Waals surface area contributed by atoms with Gasteiger partial charge < -0.3 is 5.11 Å². The van der Waals surface area contributed by atoms with E-state index in [9.17, 15) is 18.3 Å². The molecule has 0 saturated carbocycles. The van der Waals surface area contributed by atoms with Crippen LogP contribution in [0.2, 0.25) is 0 Å². The molecule has 0 fully saturated rings. The van der Waals surface area contributed by atoms with Crippen LogP contribution < -0.4 is 0 Å². The van der Waals surface area contributed by atoms with E-state index in [-0.39, 0.29) is 17.8 Å². The summed E-state index contributed by atoms with van der Waals surface area (Å²) in [6.45, 7) is 1.41. The second-order valence-corrected chi connectivity index (χ2v) is 5.99. The number of hydrogen-bond donors (Lipinski definition) is 1. The average molecular weight is 372 g/mol. The van der Waals surface area contributed by atoms with Gasteiger partial charge in [0, 0.05) is 23.9 Å². The molecule has 0 bridgehead atoms. The molecule has 138 valence electrons. The van der Waals surface area contributed by atoms with E-state index in [1.807, 2.05) is 0 Å². The summed E-state index contributed by atoms with van der Waals surface area (Å²) < 4.78 is 42.3. The van der Waals surface area contributed by atoms with Crippen LogP contribution in [0.4, 0.5) is 13.2 Å². The fourth-order valence-corrected chi connectivity index (χ4v) is 2.63. The zero-order valence-electron chi connectivity index (χ0n) is 14.3. The van der Waals surface area contributed by atoms with Crippen LogP contribution in [0.25, 0.3) is 0 Å². The second-order valence-electron chi connectivity index (χ2n) is 5.99. The van der Waals surface area contributed by atoms with Crippen molar-refractivity contribution >= 4 is 0 Å². The fraction of sp³-hybridized carbons (Fsp3) is 0.211. The molecular weight excluding hydrogens is 357 g/mol. The lowest BCUT2D eigenvalue weighted by atomic mass is 9.82. The third-order valence-corrected chi connectivity index (χ3v) is 4.12. The molecule has 0 saturated heterocycles. The van der Waals surface area contributed by atoms with Crippen molar-refractivity contribution in [3.05, 3.63) is 77.9 Å². The zero-order valence-corrected chi connectivity index (χ0v) is 14.3. The van der Waals surface area contributed by atoms with E-state index in [2.05, 4.69) is 26.9 Å². The van der Waals surface area contributed by atoms with Gasteiger partial charge in [-0.15, -0.1) is 0 Å². The topological polar surface area (TPSA) is 63.8 Å². The van der Waals surface area contributed by atoms with E-state index < -0.39 is 29.0 Å². The Balaban J connectivity index is 2.01. The highest BCUT2D eigenvalue weighted by molar-refractivity contribution is 5.32. The molecule has 8 heteroatoms. The molecule has 0 aliphatic heterocycles. The Hall–Kier alpha value is -3.18. The molecule has 2 atom stereocenters. The van der Waals surface area contributed by atoms with Crippen molar-refractivity contribution in [3.8, 4) is 11.8 Å². The summed E-state index contributed by atoms with van der Waals surface area (Å²) in [4.78, 5) is 7.72. The Morgan fingerprint density at radius 2 is 1.96 bits per heavy atom. The van der Waals surface area contributed by atoms with E-state index in [0.717, 1.165) is 12.1 Å². The molecule has 1 N–H and O–H groups in total. The summed E-state index contributed by atoms with van der Waals surface area (Å²) in [6, 6.07) is 5.24. The Morgan fingerprint density at radius 3 is 2.63 bits per heavy atom. The van der Waals surface area contributed by atoms with Crippen LogP contribution in [0, 0.1) is 35.2 Å². The minimum atomic E-state index is -1.84. The maximum absolute atomic E-state index is 14.4. The Kier molecular flexibility index (Phi) is 5.23. The summed E-state index contributed by atoms with van der Waals surface area (Å²) in [5, 5.41) is 15.2. The lowest BCUT2D eigenvalue weighted by molar-refractivity contribution is -0.0191. The molecule has 2 heterocycles. The zero-order chi connectivity index (χ0) is 19.4. The van der Waals surface area contributed by atoms with Crippen LogP contribution in [-0.2, 0) is 12.1 Å². The van der Waals surface area contributed by atoms with E-state index in [1.165, 1.54) is 35.7 Å². The van der Waals surface area contributed by atoms with Crippen LogP contribution in [0.1, 0.15) is 18.2 Å². The van der Waals surface area contributed by atoms with Gasteiger partial charge in [0.25, 0.3) is 0 Å². The smallest absolute Gasteiger partial charge is 0.137 e. The third-order valence-electron chi connectivity index (χ3n) is 4.12. The molecule has 3 rings (SSSR count). The van der Waals surface area contributed by atoms with E-state index in [0.29, 0.717) is 6.07 Å². The molecule has 2 aromatic heterocycles. The van der Waals surface area contributed by atoms with Gasteiger partial charge in [0.05, 0.1) is 12.5 Å². The number of aromatic nitrogens is 4. The van der Waals surface area contributed by atoms with Crippen molar-refractivity contribution in [2.75, 3.05) is 0 Å². The molecule has 0 unspecified atom stereocenters. The van der Waals surface area contributed by atoms with Gasteiger partial charge in [0.2, 0.25) is 0 Å². The highest BCUT2D eigenvalue weighted by Gasteiger charge is 2.38. The Labute approximate surface area is 153 Å². The monoisotopic (exact) mass is 372 g/mol. The van der Waals surface area contributed by atoms with Gasteiger partial charge >= 0.3 is 0 Å². The summed E-state index contributed by atoms with van der Waals surface area (Å²) in [6.07, 6.45) is 3.90. The van der Waals surface area contributed by atoms with Gasteiger partial charge in [0.1, 0.15) is 41.4 Å². The first-order chi connectivity index (χ1) is 12.9. The predicted molar refractivity (Wildman–Crippen MR) is 90.5 cm³/mol. The van der Waals surface area contributed by atoms with Crippen LogP contribution in [0.3, 0.4) is 0 Å². The highest BCUT2D eigenvalue weighted by Crippen LogP contribution is 2.33. The molecule has 3 aromatic rings. The minimum Gasteiger partial charge on any atom is -0.382 e. The van der Waals surface area contributed by atoms with Crippen LogP contribution in [-0.4, -0.2) is 24.9 Å². The largest absolute Gasteiger partial charge is 0.382 e. The molecule has 0 amide bonds. The maximum atomic E-state index is 14.4. The minimum absolute atomic E-state index is 0.131. The molecule has 0 aliphatic carbocycles. The van der Waals surface area contributed by atoms with Gasteiger partial charge in [-0.05, 0) is 25.0 Å². The van der Waals surface area contributed by atoms with Gasteiger partial charge in [-0.1, -0.05) is 12.0 Å². The quantitative estimate of drug-likeness (QED) is 0.716. The third kappa shape index (κ3) is 4.15. The number of nitrogens with zero attached hydrogens (tertiary/aromatic N) is 4. The molecule has 0 radical (unpaired) electrons. The molecule has 5 nitrogen and oxygen atoms in total. The number of rotatable bonds is 4. The Morgan fingerprint density at radius 1 is 1.19 bits per heavy atom. The second kappa shape index (κ2) is 7.60. The number of aliphatic hydroxyl groups is 1. The fourth-order valence-electron chi connectivity index (χ4n) is 2.63. The molecular formula is C19H15F3N4O. The first-order valence-corrected chi connectivity index (χ1v) is 8.02. The van der Waals surface area contributed by atoms with E-state index in [1.54, 1.807) is 6.92 Å². The molecule has 27 heavy (non-hydrogen) atoms. The molecule has 0 spiro atoms. The lowest BCUT2D eigenvalue weighted by Gasteiger charge is -2.32.